The van der Waals surface area contributed by atoms with Gasteiger partial charge in [-0.2, -0.15) is 0 Å². The Morgan fingerprint density at radius 1 is 1.10 bits per heavy atom. The second-order valence-electron chi connectivity index (χ2n) is 4.53. The van der Waals surface area contributed by atoms with Gasteiger partial charge in [-0.3, -0.25) is 14.4 Å². The molecule has 0 aliphatic carbocycles. The fourth-order valence-corrected chi connectivity index (χ4v) is 1.83. The van der Waals surface area contributed by atoms with Crippen LogP contribution in [0.15, 0.2) is 24.3 Å². The number of hydrogen-bond donors (Lipinski definition) is 2. The van der Waals surface area contributed by atoms with Gasteiger partial charge < -0.3 is 10.2 Å². The zero-order chi connectivity index (χ0) is 15.3. The molecule has 1 aromatic carbocycles. The van der Waals surface area contributed by atoms with Gasteiger partial charge in [0.2, 0.25) is 0 Å². The molecule has 5 nitrogen and oxygen atoms in total. The van der Waals surface area contributed by atoms with Gasteiger partial charge in [-0.25, -0.2) is 0 Å². The van der Waals surface area contributed by atoms with Gasteiger partial charge in [-0.05, 0) is 18.9 Å². The van der Waals surface area contributed by atoms with E-state index in [-0.39, 0.29) is 11.3 Å². The van der Waals surface area contributed by atoms with Crippen molar-refractivity contribution in [3.63, 3.8) is 0 Å². The van der Waals surface area contributed by atoms with Gasteiger partial charge in [-0.1, -0.05) is 24.3 Å². The van der Waals surface area contributed by atoms with Crippen molar-refractivity contribution >= 4 is 29.3 Å². The minimum absolute atomic E-state index is 0.107. The zero-order valence-electron chi connectivity index (χ0n) is 10.9. The molecule has 0 aromatic heterocycles. The molecule has 6 heteroatoms. The summed E-state index contributed by atoms with van der Waals surface area (Å²) in [5.41, 5.74) is -1.50. The third-order valence-corrected chi connectivity index (χ3v) is 3.44. The molecule has 2 N–H and O–H groups in total. The van der Waals surface area contributed by atoms with Crippen molar-refractivity contribution in [1.29, 1.82) is 0 Å². The van der Waals surface area contributed by atoms with Crippen LogP contribution in [0.4, 0.5) is 0 Å². The quantitative estimate of drug-likeness (QED) is 0.458. The number of carboxylic acids is 2. The summed E-state index contributed by atoms with van der Waals surface area (Å²) >= 11 is 5.51. The first-order valence-corrected chi connectivity index (χ1v) is 6.54. The van der Waals surface area contributed by atoms with E-state index in [1.165, 1.54) is 24.3 Å². The molecule has 0 amide bonds. The van der Waals surface area contributed by atoms with E-state index in [1.54, 1.807) is 0 Å². The predicted molar refractivity (Wildman–Crippen MR) is 73.4 cm³/mol. The number of aliphatic carboxylic acids is 2. The minimum atomic E-state index is -2.03. The summed E-state index contributed by atoms with van der Waals surface area (Å²) < 4.78 is 0. The van der Waals surface area contributed by atoms with Crippen LogP contribution < -0.4 is 0 Å². The molecule has 108 valence electrons. The third kappa shape index (κ3) is 3.17. The molecule has 0 bridgehead atoms. The molecule has 0 radical (unpaired) electrons. The Balaban J connectivity index is 3.04. The number of halogens is 1. The molecule has 20 heavy (non-hydrogen) atoms. The number of carbonyl (C=O) groups excluding carboxylic acids is 1. The largest absolute Gasteiger partial charge is 0.480 e. The van der Waals surface area contributed by atoms with Crippen molar-refractivity contribution < 1.29 is 24.6 Å². The van der Waals surface area contributed by atoms with Gasteiger partial charge in [-0.15, -0.1) is 11.6 Å². The number of benzene rings is 1. The number of carboxylic acid groups (broad SMARTS) is 2. The summed E-state index contributed by atoms with van der Waals surface area (Å²) in [7, 11) is 0. The molecule has 0 saturated heterocycles. The van der Waals surface area contributed by atoms with Gasteiger partial charge in [0.15, 0.2) is 11.2 Å². The fourth-order valence-electron chi connectivity index (χ4n) is 1.70. The zero-order valence-corrected chi connectivity index (χ0v) is 11.7. The molecular formula is C14H15ClO5. The maximum Gasteiger partial charge on any atom is 0.325 e. The lowest BCUT2D eigenvalue weighted by atomic mass is 9.82. The monoisotopic (exact) mass is 298 g/mol. The lowest BCUT2D eigenvalue weighted by Gasteiger charge is -2.20. The molecule has 0 spiro atoms. The highest BCUT2D eigenvalue weighted by atomic mass is 35.5. The summed E-state index contributed by atoms with van der Waals surface area (Å²) in [6.45, 7) is 1.11. The normalized spacial score (nSPS) is 11.1. The summed E-state index contributed by atoms with van der Waals surface area (Å²) in [6.07, 6.45) is 0.863. The number of Topliss-reactive ketones (excluding diaryl/α,β-unsaturated/α-hetero) is 1. The molecule has 0 unspecified atom stereocenters. The molecule has 0 heterocycles. The van der Waals surface area contributed by atoms with Crippen molar-refractivity contribution in [1.82, 2.24) is 0 Å². The first-order chi connectivity index (χ1) is 9.33. The van der Waals surface area contributed by atoms with Crippen LogP contribution in [0.2, 0.25) is 0 Å². The molecule has 0 fully saturated rings. The SMILES string of the molecule is CC(C(=O)O)(C(=O)O)c1ccc(C(=O)CCCCl)cc1. The first kappa shape index (κ1) is 16.2. The molecule has 0 saturated carbocycles. The van der Waals surface area contributed by atoms with Gasteiger partial charge >= 0.3 is 11.9 Å². The lowest BCUT2D eigenvalue weighted by molar-refractivity contribution is -0.156. The predicted octanol–water partition coefficient (Wildman–Crippen LogP) is 2.32. The second-order valence-corrected chi connectivity index (χ2v) is 4.91. The molecule has 1 rings (SSSR count). The van der Waals surface area contributed by atoms with E-state index in [9.17, 15) is 14.4 Å². The van der Waals surface area contributed by atoms with Crippen LogP contribution in [-0.2, 0) is 15.0 Å². The van der Waals surface area contributed by atoms with Crippen molar-refractivity contribution in [3.05, 3.63) is 35.4 Å². The number of rotatable bonds is 7. The maximum absolute atomic E-state index is 11.7. The first-order valence-electron chi connectivity index (χ1n) is 6.00. The Morgan fingerprint density at radius 3 is 2.00 bits per heavy atom. The summed E-state index contributed by atoms with van der Waals surface area (Å²) in [6, 6.07) is 5.60. The highest BCUT2D eigenvalue weighted by Crippen LogP contribution is 2.25. The van der Waals surface area contributed by atoms with Crippen LogP contribution in [0.1, 0.15) is 35.7 Å². The Kier molecular flexibility index (Phi) is 5.27. The summed E-state index contributed by atoms with van der Waals surface area (Å²) in [4.78, 5) is 34.1. The molecule has 0 aliphatic rings. The maximum atomic E-state index is 11.7. The van der Waals surface area contributed by atoms with Crippen LogP contribution in [0.3, 0.4) is 0 Å². The highest BCUT2D eigenvalue weighted by Gasteiger charge is 2.43. The smallest absolute Gasteiger partial charge is 0.325 e. The number of ketones is 1. The average molecular weight is 299 g/mol. The van der Waals surface area contributed by atoms with E-state index in [4.69, 9.17) is 21.8 Å². The molecule has 0 aliphatic heterocycles. The van der Waals surface area contributed by atoms with Crippen molar-refractivity contribution in [3.8, 4) is 0 Å². The van der Waals surface area contributed by atoms with E-state index in [2.05, 4.69) is 0 Å². The van der Waals surface area contributed by atoms with Crippen LogP contribution in [-0.4, -0.2) is 33.8 Å². The molecular weight excluding hydrogens is 284 g/mol. The van der Waals surface area contributed by atoms with E-state index in [1.807, 2.05) is 0 Å². The van der Waals surface area contributed by atoms with Gasteiger partial charge in [0, 0.05) is 17.9 Å². The van der Waals surface area contributed by atoms with Crippen molar-refractivity contribution in [2.45, 2.75) is 25.2 Å². The Hall–Kier alpha value is -1.88. The summed E-state index contributed by atoms with van der Waals surface area (Å²) in [5, 5.41) is 18.2. The molecule has 1 aromatic rings. The topological polar surface area (TPSA) is 91.7 Å². The van der Waals surface area contributed by atoms with Gasteiger partial charge in [0.05, 0.1) is 0 Å². The van der Waals surface area contributed by atoms with Crippen molar-refractivity contribution in [2.75, 3.05) is 5.88 Å². The van der Waals surface area contributed by atoms with Crippen molar-refractivity contribution in [2.24, 2.45) is 0 Å². The minimum Gasteiger partial charge on any atom is -0.480 e. The fraction of sp³-hybridized carbons (Fsp3) is 0.357. The second kappa shape index (κ2) is 6.52. The lowest BCUT2D eigenvalue weighted by Crippen LogP contribution is -2.40. The Morgan fingerprint density at radius 2 is 1.60 bits per heavy atom. The van der Waals surface area contributed by atoms with E-state index < -0.39 is 17.4 Å². The standard InChI is InChI=1S/C14H15ClO5/c1-14(12(17)18,13(19)20)10-6-4-9(5-7-10)11(16)3-2-8-15/h4-7H,2-3,8H2,1H3,(H,17,18)(H,19,20). The van der Waals surface area contributed by atoms with E-state index >= 15 is 0 Å². The van der Waals surface area contributed by atoms with Gasteiger partial charge in [0.1, 0.15) is 0 Å². The van der Waals surface area contributed by atoms with Crippen LogP contribution in [0.5, 0.6) is 0 Å². The summed E-state index contributed by atoms with van der Waals surface area (Å²) in [5.74, 6) is -2.62. The van der Waals surface area contributed by atoms with Crippen LogP contribution in [0.25, 0.3) is 0 Å². The van der Waals surface area contributed by atoms with Crippen LogP contribution >= 0.6 is 11.6 Å². The van der Waals surface area contributed by atoms with Gasteiger partial charge in [0.25, 0.3) is 0 Å². The number of carbonyl (C=O) groups is 3. The Labute approximate surface area is 121 Å². The third-order valence-electron chi connectivity index (χ3n) is 3.18. The molecule has 0 atom stereocenters. The highest BCUT2D eigenvalue weighted by molar-refractivity contribution is 6.18. The number of alkyl halides is 1. The average Bonchev–Trinajstić information content (AvgIpc) is 2.43. The van der Waals surface area contributed by atoms with E-state index in [0.717, 1.165) is 6.92 Å². The van der Waals surface area contributed by atoms with E-state index in [0.29, 0.717) is 24.3 Å². The Bertz CT molecular complexity index is 507. The van der Waals surface area contributed by atoms with Crippen LogP contribution in [0, 0.1) is 0 Å². The number of hydrogen-bond acceptors (Lipinski definition) is 3.